The molecule has 0 saturated carbocycles. The average Bonchev–Trinajstić information content (AvgIpc) is 3.08. The van der Waals surface area contributed by atoms with E-state index in [9.17, 15) is 14.0 Å². The van der Waals surface area contributed by atoms with Crippen LogP contribution in [0.3, 0.4) is 0 Å². The van der Waals surface area contributed by atoms with E-state index in [1.54, 1.807) is 48.3 Å². The fraction of sp³-hybridized carbons (Fsp3) is 0.158. The van der Waals surface area contributed by atoms with Crippen molar-refractivity contribution >= 4 is 35.0 Å². The molecule has 3 rings (SSSR count). The number of carbonyl (C=O) groups excluding carboxylic acids is 2. The predicted octanol–water partition coefficient (Wildman–Crippen LogP) is 3.25. The Bertz CT molecular complexity index is 1020. The van der Waals surface area contributed by atoms with Crippen LogP contribution >= 0.6 is 11.8 Å². The molecule has 7 nitrogen and oxygen atoms in total. The number of thioether (sulfide) groups is 1. The number of aryl methyl sites for hydroxylation is 2. The molecule has 9 heteroatoms. The highest BCUT2D eigenvalue weighted by Gasteiger charge is 2.12. The average molecular weight is 399 g/mol. The van der Waals surface area contributed by atoms with Gasteiger partial charge in [-0.25, -0.2) is 4.39 Å². The molecule has 0 aliphatic heterocycles. The van der Waals surface area contributed by atoms with Gasteiger partial charge in [-0.2, -0.15) is 0 Å². The molecule has 2 amide bonds. The zero-order valence-electron chi connectivity index (χ0n) is 15.3. The molecule has 0 aliphatic carbocycles. The molecular formula is C19H18FN5O2S. The molecule has 28 heavy (non-hydrogen) atoms. The van der Waals surface area contributed by atoms with Crippen molar-refractivity contribution in [1.82, 2.24) is 14.8 Å². The van der Waals surface area contributed by atoms with Crippen molar-refractivity contribution in [2.24, 2.45) is 7.05 Å². The maximum atomic E-state index is 13.8. The summed E-state index contributed by atoms with van der Waals surface area (Å²) in [6, 6.07) is 10.9. The van der Waals surface area contributed by atoms with Gasteiger partial charge in [-0.05, 0) is 42.8 Å². The first-order valence-corrected chi connectivity index (χ1v) is 9.35. The molecule has 0 aliphatic rings. The summed E-state index contributed by atoms with van der Waals surface area (Å²) in [5, 5.41) is 13.6. The lowest BCUT2D eigenvalue weighted by atomic mass is 10.1. The first-order valence-electron chi connectivity index (χ1n) is 8.36. The molecule has 144 valence electrons. The van der Waals surface area contributed by atoms with E-state index in [1.165, 1.54) is 23.9 Å². The number of nitrogens with one attached hydrogen (secondary N) is 2. The smallest absolute Gasteiger partial charge is 0.255 e. The number of carbonyl (C=O) groups is 2. The van der Waals surface area contributed by atoms with Crippen LogP contribution in [0.1, 0.15) is 15.9 Å². The van der Waals surface area contributed by atoms with Gasteiger partial charge in [0.2, 0.25) is 5.91 Å². The lowest BCUT2D eigenvalue weighted by molar-refractivity contribution is -0.113. The Morgan fingerprint density at radius 3 is 2.75 bits per heavy atom. The van der Waals surface area contributed by atoms with E-state index in [0.29, 0.717) is 16.4 Å². The van der Waals surface area contributed by atoms with Gasteiger partial charge in [-0.15, -0.1) is 10.2 Å². The predicted molar refractivity (Wildman–Crippen MR) is 106 cm³/mol. The highest BCUT2D eigenvalue weighted by Crippen LogP contribution is 2.19. The summed E-state index contributed by atoms with van der Waals surface area (Å²) in [6.07, 6.45) is 1.55. The van der Waals surface area contributed by atoms with Gasteiger partial charge in [0.05, 0.1) is 11.4 Å². The van der Waals surface area contributed by atoms with Crippen molar-refractivity contribution in [3.8, 4) is 0 Å². The molecule has 3 aromatic rings. The van der Waals surface area contributed by atoms with E-state index >= 15 is 0 Å². The molecule has 2 aromatic carbocycles. The lowest BCUT2D eigenvalue weighted by Gasteiger charge is -2.09. The summed E-state index contributed by atoms with van der Waals surface area (Å²) in [5.74, 6) is -1.06. The number of aromatic nitrogens is 3. The number of amides is 2. The molecule has 1 aromatic heterocycles. The molecule has 0 saturated heterocycles. The van der Waals surface area contributed by atoms with Crippen molar-refractivity contribution in [3.05, 3.63) is 65.7 Å². The largest absolute Gasteiger partial charge is 0.325 e. The third-order valence-electron chi connectivity index (χ3n) is 3.78. The number of hydrogen-bond donors (Lipinski definition) is 2. The second-order valence-electron chi connectivity index (χ2n) is 6.08. The van der Waals surface area contributed by atoms with E-state index in [0.717, 1.165) is 5.56 Å². The van der Waals surface area contributed by atoms with E-state index in [4.69, 9.17) is 0 Å². The second-order valence-corrected chi connectivity index (χ2v) is 7.02. The van der Waals surface area contributed by atoms with Crippen LogP contribution in [0.4, 0.5) is 15.8 Å². The minimum atomic E-state index is -0.510. The van der Waals surface area contributed by atoms with Crippen LogP contribution in [0.5, 0.6) is 0 Å². The SMILES string of the molecule is Cc1ccc(F)c(NC(=O)c2cccc(NC(=O)CSc3nncn3C)c2)c1. The number of hydrogen-bond acceptors (Lipinski definition) is 5. The summed E-state index contributed by atoms with van der Waals surface area (Å²) >= 11 is 1.25. The molecular weight excluding hydrogens is 381 g/mol. The van der Waals surface area contributed by atoms with Gasteiger partial charge in [0.1, 0.15) is 12.1 Å². The minimum Gasteiger partial charge on any atom is -0.325 e. The van der Waals surface area contributed by atoms with Crippen LogP contribution in [0.15, 0.2) is 53.9 Å². The Kier molecular flexibility index (Phi) is 6.05. The van der Waals surface area contributed by atoms with Crippen molar-refractivity contribution in [3.63, 3.8) is 0 Å². The van der Waals surface area contributed by atoms with Gasteiger partial charge in [0, 0.05) is 18.3 Å². The first kappa shape index (κ1) is 19.6. The van der Waals surface area contributed by atoms with Crippen LogP contribution in [-0.2, 0) is 11.8 Å². The monoisotopic (exact) mass is 399 g/mol. The van der Waals surface area contributed by atoms with Gasteiger partial charge in [0.15, 0.2) is 5.16 Å². The molecule has 2 N–H and O–H groups in total. The molecule has 0 bridgehead atoms. The fourth-order valence-electron chi connectivity index (χ4n) is 2.40. The molecule has 0 unspecified atom stereocenters. The zero-order valence-corrected chi connectivity index (χ0v) is 16.1. The van der Waals surface area contributed by atoms with Gasteiger partial charge in [0.25, 0.3) is 5.91 Å². The molecule has 0 fully saturated rings. The minimum absolute atomic E-state index is 0.111. The number of nitrogens with zero attached hydrogens (tertiary/aromatic N) is 3. The van der Waals surface area contributed by atoms with Crippen LogP contribution in [-0.4, -0.2) is 32.3 Å². The van der Waals surface area contributed by atoms with Crippen molar-refractivity contribution in [2.75, 3.05) is 16.4 Å². The summed E-state index contributed by atoms with van der Waals surface area (Å²) in [7, 11) is 1.79. The van der Waals surface area contributed by atoms with E-state index in [-0.39, 0.29) is 17.3 Å². The summed E-state index contributed by atoms with van der Waals surface area (Å²) in [5.41, 5.74) is 1.72. The Balaban J connectivity index is 1.63. The van der Waals surface area contributed by atoms with Crippen molar-refractivity contribution < 1.29 is 14.0 Å². The highest BCUT2D eigenvalue weighted by atomic mass is 32.2. The Hall–Kier alpha value is -3.20. The van der Waals surface area contributed by atoms with Crippen molar-refractivity contribution in [2.45, 2.75) is 12.1 Å². The Labute approximate surface area is 165 Å². The number of rotatable bonds is 6. The lowest BCUT2D eigenvalue weighted by Crippen LogP contribution is -2.16. The number of benzene rings is 2. The van der Waals surface area contributed by atoms with Crippen LogP contribution < -0.4 is 10.6 Å². The summed E-state index contributed by atoms with van der Waals surface area (Å²) < 4.78 is 15.6. The third-order valence-corrected chi connectivity index (χ3v) is 4.82. The van der Waals surface area contributed by atoms with Crippen LogP contribution in [0, 0.1) is 12.7 Å². The third kappa shape index (κ3) is 4.95. The summed E-state index contributed by atoms with van der Waals surface area (Å²) in [4.78, 5) is 24.6. The quantitative estimate of drug-likeness (QED) is 0.621. The van der Waals surface area contributed by atoms with Crippen LogP contribution in [0.25, 0.3) is 0 Å². The Morgan fingerprint density at radius 1 is 1.18 bits per heavy atom. The van der Waals surface area contributed by atoms with E-state index in [1.807, 2.05) is 6.92 Å². The van der Waals surface area contributed by atoms with Gasteiger partial charge < -0.3 is 15.2 Å². The summed E-state index contributed by atoms with van der Waals surface area (Å²) in [6.45, 7) is 1.81. The van der Waals surface area contributed by atoms with Gasteiger partial charge in [-0.1, -0.05) is 23.9 Å². The molecule has 0 radical (unpaired) electrons. The Morgan fingerprint density at radius 2 is 2.00 bits per heavy atom. The standard InChI is InChI=1S/C19H18FN5O2S/c1-12-6-7-15(20)16(8-12)23-18(27)13-4-3-5-14(9-13)22-17(26)10-28-19-24-21-11-25(19)2/h3-9,11H,10H2,1-2H3,(H,22,26)(H,23,27). The first-order chi connectivity index (χ1) is 13.4. The van der Waals surface area contributed by atoms with Gasteiger partial charge in [-0.3, -0.25) is 9.59 Å². The van der Waals surface area contributed by atoms with E-state index in [2.05, 4.69) is 20.8 Å². The maximum Gasteiger partial charge on any atom is 0.255 e. The topological polar surface area (TPSA) is 88.9 Å². The van der Waals surface area contributed by atoms with Crippen LogP contribution in [0.2, 0.25) is 0 Å². The number of halogens is 1. The second kappa shape index (κ2) is 8.66. The normalized spacial score (nSPS) is 10.5. The maximum absolute atomic E-state index is 13.8. The highest BCUT2D eigenvalue weighted by molar-refractivity contribution is 7.99. The zero-order chi connectivity index (χ0) is 20.1. The molecule has 0 atom stereocenters. The van der Waals surface area contributed by atoms with Gasteiger partial charge >= 0.3 is 0 Å². The molecule has 1 heterocycles. The number of anilines is 2. The van der Waals surface area contributed by atoms with Crippen molar-refractivity contribution in [1.29, 1.82) is 0 Å². The van der Waals surface area contributed by atoms with E-state index < -0.39 is 11.7 Å². The fourth-order valence-corrected chi connectivity index (χ4v) is 3.09. The molecule has 0 spiro atoms.